The van der Waals surface area contributed by atoms with Crippen LogP contribution in [-0.4, -0.2) is 10.7 Å². The van der Waals surface area contributed by atoms with Gasteiger partial charge in [0.05, 0.1) is 5.60 Å². The third-order valence-corrected chi connectivity index (χ3v) is 5.38. The molecule has 1 heteroatoms. The largest absolute Gasteiger partial charge is 0.385 e. The van der Waals surface area contributed by atoms with Crippen molar-refractivity contribution in [3.8, 4) is 0 Å². The number of aryl methyl sites for hydroxylation is 1. The molecule has 0 bridgehead atoms. The molecule has 0 unspecified atom stereocenters. The van der Waals surface area contributed by atoms with Gasteiger partial charge in [-0.15, -0.1) is 0 Å². The minimum atomic E-state index is -0.761. The Morgan fingerprint density at radius 3 is 2.04 bits per heavy atom. The summed E-state index contributed by atoms with van der Waals surface area (Å²) >= 11 is 0. The van der Waals surface area contributed by atoms with Crippen LogP contribution in [0.5, 0.6) is 0 Å². The van der Waals surface area contributed by atoms with Crippen LogP contribution in [0.3, 0.4) is 0 Å². The molecule has 1 nitrogen and oxygen atoms in total. The van der Waals surface area contributed by atoms with E-state index in [2.05, 4.69) is 82.8 Å². The summed E-state index contributed by atoms with van der Waals surface area (Å²) in [6.45, 7) is 12.9. The Morgan fingerprint density at radius 1 is 1.00 bits per heavy atom. The molecule has 0 heterocycles. The molecular formula is C23H28O. The quantitative estimate of drug-likeness (QED) is 0.779. The summed E-state index contributed by atoms with van der Waals surface area (Å²) in [7, 11) is 0. The van der Waals surface area contributed by atoms with Crippen molar-refractivity contribution < 1.29 is 5.11 Å². The number of hydrogen-bond acceptors (Lipinski definition) is 1. The number of rotatable bonds is 3. The van der Waals surface area contributed by atoms with Crippen LogP contribution in [0.25, 0.3) is 5.57 Å². The topological polar surface area (TPSA) is 20.2 Å². The maximum Gasteiger partial charge on any atom is 0.0908 e. The van der Waals surface area contributed by atoms with Crippen molar-refractivity contribution in [3.05, 3.63) is 77.4 Å². The van der Waals surface area contributed by atoms with Gasteiger partial charge >= 0.3 is 0 Å². The molecule has 0 aliphatic heterocycles. The van der Waals surface area contributed by atoms with Gasteiger partial charge < -0.3 is 5.11 Å². The predicted octanol–water partition coefficient (Wildman–Crippen LogP) is 5.61. The highest BCUT2D eigenvalue weighted by Crippen LogP contribution is 2.50. The molecule has 24 heavy (non-hydrogen) atoms. The van der Waals surface area contributed by atoms with Crippen molar-refractivity contribution in [2.75, 3.05) is 0 Å². The fraction of sp³-hybridized carbons (Fsp3) is 0.391. The first-order valence-corrected chi connectivity index (χ1v) is 8.78. The van der Waals surface area contributed by atoms with Gasteiger partial charge in [-0.2, -0.15) is 0 Å². The van der Waals surface area contributed by atoms with E-state index in [9.17, 15) is 5.11 Å². The third-order valence-electron chi connectivity index (χ3n) is 5.38. The molecule has 1 saturated carbocycles. The van der Waals surface area contributed by atoms with Gasteiger partial charge in [0.1, 0.15) is 0 Å². The van der Waals surface area contributed by atoms with Gasteiger partial charge in [-0.05, 0) is 53.4 Å². The molecule has 3 rings (SSSR count). The Kier molecular flexibility index (Phi) is 4.17. The molecule has 0 radical (unpaired) electrons. The first kappa shape index (κ1) is 17.0. The average molecular weight is 320 g/mol. The average Bonchev–Trinajstić information content (AvgIpc) is 2.51. The van der Waals surface area contributed by atoms with Crippen LogP contribution in [0.2, 0.25) is 0 Å². The molecule has 0 aromatic heterocycles. The minimum absolute atomic E-state index is 0.179. The molecule has 2 aromatic carbocycles. The fourth-order valence-corrected chi connectivity index (χ4v) is 3.52. The lowest BCUT2D eigenvalue weighted by Gasteiger charge is -2.45. The van der Waals surface area contributed by atoms with Crippen LogP contribution in [0, 0.1) is 6.92 Å². The van der Waals surface area contributed by atoms with E-state index in [4.69, 9.17) is 0 Å². The second kappa shape index (κ2) is 5.89. The zero-order valence-corrected chi connectivity index (χ0v) is 15.3. The summed E-state index contributed by atoms with van der Waals surface area (Å²) in [4.78, 5) is 0. The molecule has 1 N–H and O–H groups in total. The first-order valence-electron chi connectivity index (χ1n) is 8.78. The van der Waals surface area contributed by atoms with Gasteiger partial charge in [-0.3, -0.25) is 0 Å². The van der Waals surface area contributed by atoms with E-state index >= 15 is 0 Å². The van der Waals surface area contributed by atoms with E-state index in [1.807, 2.05) is 0 Å². The highest BCUT2D eigenvalue weighted by atomic mass is 16.3. The number of hydrogen-bond donors (Lipinski definition) is 1. The van der Waals surface area contributed by atoms with Crippen molar-refractivity contribution in [2.24, 2.45) is 0 Å². The monoisotopic (exact) mass is 320 g/mol. The van der Waals surface area contributed by atoms with Crippen LogP contribution >= 0.6 is 0 Å². The molecule has 0 spiro atoms. The lowest BCUT2D eigenvalue weighted by molar-refractivity contribution is 0.00669. The molecule has 0 atom stereocenters. The second-order valence-corrected chi connectivity index (χ2v) is 8.35. The Labute approximate surface area is 146 Å². The van der Waals surface area contributed by atoms with Gasteiger partial charge in [0.25, 0.3) is 0 Å². The molecular weight excluding hydrogens is 292 g/mol. The van der Waals surface area contributed by atoms with Crippen molar-refractivity contribution in [3.63, 3.8) is 0 Å². The van der Waals surface area contributed by atoms with Crippen LogP contribution < -0.4 is 0 Å². The van der Waals surface area contributed by atoms with Gasteiger partial charge in [0.15, 0.2) is 0 Å². The lowest BCUT2D eigenvalue weighted by atomic mass is 9.63. The Balaban J connectivity index is 1.69. The number of aliphatic hydroxyl groups is 1. The first-order chi connectivity index (χ1) is 11.2. The normalized spacial score (nSPS) is 23.6. The maximum absolute atomic E-state index is 10.9. The van der Waals surface area contributed by atoms with Crippen molar-refractivity contribution in [1.29, 1.82) is 0 Å². The second-order valence-electron chi connectivity index (χ2n) is 8.35. The Bertz CT molecular complexity index is 723. The minimum Gasteiger partial charge on any atom is -0.385 e. The van der Waals surface area contributed by atoms with E-state index in [1.54, 1.807) is 0 Å². The standard InChI is InChI=1S/C23H28O/c1-16-6-8-18(9-7-16)17(2)23(24)14-20(15-23)19-10-12-21(13-11-19)22(3,4)5/h6-13,20,24H,2,14-15H2,1,3-5H3. The maximum atomic E-state index is 10.9. The van der Waals surface area contributed by atoms with E-state index in [1.165, 1.54) is 16.7 Å². The van der Waals surface area contributed by atoms with Crippen molar-refractivity contribution >= 4 is 5.57 Å². The summed E-state index contributed by atoms with van der Waals surface area (Å²) in [5.74, 6) is 0.422. The van der Waals surface area contributed by atoms with Crippen LogP contribution in [-0.2, 0) is 5.41 Å². The number of benzene rings is 2. The van der Waals surface area contributed by atoms with Crippen LogP contribution in [0.1, 0.15) is 61.8 Å². The van der Waals surface area contributed by atoms with Crippen molar-refractivity contribution in [1.82, 2.24) is 0 Å². The molecule has 1 aliphatic carbocycles. The van der Waals surface area contributed by atoms with E-state index in [-0.39, 0.29) is 5.41 Å². The van der Waals surface area contributed by atoms with Gasteiger partial charge in [-0.1, -0.05) is 81.4 Å². The summed E-state index contributed by atoms with van der Waals surface area (Å²) in [6, 6.07) is 17.2. The molecule has 0 saturated heterocycles. The zero-order chi connectivity index (χ0) is 17.5. The van der Waals surface area contributed by atoms with Gasteiger partial charge in [0, 0.05) is 0 Å². The van der Waals surface area contributed by atoms with Crippen molar-refractivity contribution in [2.45, 2.75) is 57.5 Å². The van der Waals surface area contributed by atoms with Gasteiger partial charge in [-0.25, -0.2) is 0 Å². The van der Waals surface area contributed by atoms with Crippen LogP contribution in [0.4, 0.5) is 0 Å². The van der Waals surface area contributed by atoms with E-state index < -0.39 is 5.60 Å². The molecule has 2 aromatic rings. The fourth-order valence-electron chi connectivity index (χ4n) is 3.52. The Morgan fingerprint density at radius 2 is 1.54 bits per heavy atom. The van der Waals surface area contributed by atoms with Gasteiger partial charge in [0.2, 0.25) is 0 Å². The Hall–Kier alpha value is -1.86. The van der Waals surface area contributed by atoms with E-state index in [0.717, 1.165) is 24.0 Å². The SMILES string of the molecule is C=C(c1ccc(C)cc1)C1(O)CC(c2ccc(C(C)(C)C)cc2)C1. The zero-order valence-electron chi connectivity index (χ0n) is 15.3. The summed E-state index contributed by atoms with van der Waals surface area (Å²) < 4.78 is 0. The third kappa shape index (κ3) is 3.18. The summed E-state index contributed by atoms with van der Waals surface area (Å²) in [5.41, 5.74) is 5.22. The van der Waals surface area contributed by atoms with Crippen LogP contribution in [0.15, 0.2) is 55.1 Å². The smallest absolute Gasteiger partial charge is 0.0908 e. The summed E-state index contributed by atoms with van der Waals surface area (Å²) in [6.07, 6.45) is 1.52. The highest BCUT2D eigenvalue weighted by molar-refractivity contribution is 5.71. The highest BCUT2D eigenvalue weighted by Gasteiger charge is 2.45. The molecule has 1 aliphatic rings. The summed E-state index contributed by atoms with van der Waals surface area (Å²) in [5, 5.41) is 10.9. The molecule has 0 amide bonds. The van der Waals surface area contributed by atoms with E-state index in [0.29, 0.717) is 5.92 Å². The molecule has 126 valence electrons. The lowest BCUT2D eigenvalue weighted by Crippen LogP contribution is -2.43. The molecule has 1 fully saturated rings. The predicted molar refractivity (Wildman–Crippen MR) is 102 cm³/mol.